The van der Waals surface area contributed by atoms with E-state index in [0.717, 1.165) is 11.3 Å². The van der Waals surface area contributed by atoms with Crippen molar-refractivity contribution >= 4 is 5.69 Å². The van der Waals surface area contributed by atoms with Gasteiger partial charge >= 0.3 is 0 Å². The van der Waals surface area contributed by atoms with Gasteiger partial charge in [0.25, 0.3) is 0 Å². The van der Waals surface area contributed by atoms with Gasteiger partial charge in [0.2, 0.25) is 0 Å². The largest absolute Gasteiger partial charge is 0.493 e. The van der Waals surface area contributed by atoms with E-state index in [4.69, 9.17) is 9.47 Å². The summed E-state index contributed by atoms with van der Waals surface area (Å²) >= 11 is 0. The Morgan fingerprint density at radius 3 is 2.38 bits per heavy atom. The van der Waals surface area contributed by atoms with Crippen LogP contribution in [0.4, 0.5) is 5.69 Å². The van der Waals surface area contributed by atoms with Crippen molar-refractivity contribution in [3.63, 3.8) is 0 Å². The van der Waals surface area contributed by atoms with E-state index in [1.54, 1.807) is 14.2 Å². The first-order chi connectivity index (χ1) is 10.3. The second-order valence-electron chi connectivity index (χ2n) is 4.54. The van der Waals surface area contributed by atoms with Crippen molar-refractivity contribution in [3.8, 4) is 17.6 Å². The Morgan fingerprint density at radius 1 is 1.05 bits per heavy atom. The number of nitriles is 1. The average Bonchev–Trinajstić information content (AvgIpc) is 2.56. The Morgan fingerprint density at radius 2 is 1.76 bits per heavy atom. The van der Waals surface area contributed by atoms with Crippen molar-refractivity contribution < 1.29 is 9.47 Å². The van der Waals surface area contributed by atoms with Gasteiger partial charge in [0.1, 0.15) is 0 Å². The molecule has 2 rings (SSSR count). The van der Waals surface area contributed by atoms with Crippen molar-refractivity contribution in [2.75, 3.05) is 26.1 Å². The monoisotopic (exact) mass is 282 g/mol. The molecule has 1 atom stereocenters. The highest BCUT2D eigenvalue weighted by atomic mass is 16.5. The normalized spacial score (nSPS) is 11.3. The maximum absolute atomic E-state index is 9.31. The molecule has 0 amide bonds. The predicted octanol–water partition coefficient (Wildman–Crippen LogP) is 3.42. The number of methoxy groups -OCH3 is 2. The van der Waals surface area contributed by atoms with E-state index in [1.165, 1.54) is 0 Å². The number of rotatable bonds is 6. The van der Waals surface area contributed by atoms with Crippen LogP contribution >= 0.6 is 0 Å². The van der Waals surface area contributed by atoms with E-state index < -0.39 is 0 Å². The van der Waals surface area contributed by atoms with Gasteiger partial charge in [-0.1, -0.05) is 30.3 Å². The first-order valence-corrected chi connectivity index (χ1v) is 6.69. The molecule has 0 radical (unpaired) electrons. The van der Waals surface area contributed by atoms with Crippen LogP contribution in [0.1, 0.15) is 11.5 Å². The van der Waals surface area contributed by atoms with Gasteiger partial charge in [0.15, 0.2) is 11.5 Å². The maximum atomic E-state index is 9.31. The second kappa shape index (κ2) is 7.20. The highest BCUT2D eigenvalue weighted by Crippen LogP contribution is 2.30. The molecule has 0 aromatic heterocycles. The zero-order chi connectivity index (χ0) is 15.1. The smallest absolute Gasteiger partial charge is 0.162 e. The summed E-state index contributed by atoms with van der Waals surface area (Å²) in [6.07, 6.45) is 0. The summed E-state index contributed by atoms with van der Waals surface area (Å²) in [5.41, 5.74) is 1.90. The summed E-state index contributed by atoms with van der Waals surface area (Å²) in [6, 6.07) is 17.7. The topological polar surface area (TPSA) is 54.3 Å². The SMILES string of the molecule is COc1ccc(NCC(C#N)c2ccccc2)cc1OC. The Bertz CT molecular complexity index is 620. The molecular weight excluding hydrogens is 264 g/mol. The minimum atomic E-state index is -0.195. The highest BCUT2D eigenvalue weighted by molar-refractivity contribution is 5.55. The summed E-state index contributed by atoms with van der Waals surface area (Å²) < 4.78 is 10.5. The van der Waals surface area contributed by atoms with E-state index in [2.05, 4.69) is 11.4 Å². The molecular formula is C17H18N2O2. The van der Waals surface area contributed by atoms with Gasteiger partial charge in [-0.15, -0.1) is 0 Å². The maximum Gasteiger partial charge on any atom is 0.162 e. The molecule has 0 spiro atoms. The molecule has 4 nitrogen and oxygen atoms in total. The third kappa shape index (κ3) is 3.67. The number of nitrogens with one attached hydrogen (secondary N) is 1. The Kier molecular flexibility index (Phi) is 5.05. The molecule has 2 aromatic carbocycles. The molecule has 0 bridgehead atoms. The molecule has 2 aromatic rings. The first kappa shape index (κ1) is 14.7. The fourth-order valence-electron chi connectivity index (χ4n) is 2.09. The average molecular weight is 282 g/mol. The van der Waals surface area contributed by atoms with Crippen LogP contribution in [0.25, 0.3) is 0 Å². The van der Waals surface area contributed by atoms with Gasteiger partial charge in [-0.2, -0.15) is 5.26 Å². The summed E-state index contributed by atoms with van der Waals surface area (Å²) in [6.45, 7) is 0.538. The van der Waals surface area contributed by atoms with Gasteiger partial charge in [-0.3, -0.25) is 0 Å². The zero-order valence-electron chi connectivity index (χ0n) is 12.2. The van der Waals surface area contributed by atoms with Crippen LogP contribution in [0.5, 0.6) is 11.5 Å². The third-order valence-electron chi connectivity index (χ3n) is 3.25. The van der Waals surface area contributed by atoms with E-state index in [-0.39, 0.29) is 5.92 Å². The number of nitrogens with zero attached hydrogens (tertiary/aromatic N) is 1. The van der Waals surface area contributed by atoms with Crippen molar-refractivity contribution in [2.24, 2.45) is 0 Å². The minimum Gasteiger partial charge on any atom is -0.493 e. The lowest BCUT2D eigenvalue weighted by molar-refractivity contribution is 0.355. The summed E-state index contributed by atoms with van der Waals surface area (Å²) in [7, 11) is 3.20. The molecule has 21 heavy (non-hydrogen) atoms. The van der Waals surface area contributed by atoms with E-state index in [0.29, 0.717) is 18.0 Å². The highest BCUT2D eigenvalue weighted by Gasteiger charge is 2.10. The summed E-state index contributed by atoms with van der Waals surface area (Å²) in [4.78, 5) is 0. The van der Waals surface area contributed by atoms with Crippen molar-refractivity contribution in [1.82, 2.24) is 0 Å². The first-order valence-electron chi connectivity index (χ1n) is 6.69. The van der Waals surface area contributed by atoms with Gasteiger partial charge in [-0.05, 0) is 17.7 Å². The lowest BCUT2D eigenvalue weighted by Crippen LogP contribution is -2.11. The number of hydrogen-bond acceptors (Lipinski definition) is 4. The van der Waals surface area contributed by atoms with Crippen LogP contribution in [0.15, 0.2) is 48.5 Å². The minimum absolute atomic E-state index is 0.195. The van der Waals surface area contributed by atoms with E-state index >= 15 is 0 Å². The molecule has 0 aliphatic carbocycles. The standard InChI is InChI=1S/C17H18N2O2/c1-20-16-9-8-15(10-17(16)21-2)19-12-14(11-18)13-6-4-3-5-7-13/h3-10,14,19H,12H2,1-2H3. The molecule has 0 heterocycles. The molecule has 0 aliphatic rings. The third-order valence-corrected chi connectivity index (χ3v) is 3.25. The number of ether oxygens (including phenoxy) is 2. The Balaban J connectivity index is 2.07. The fraction of sp³-hybridized carbons (Fsp3) is 0.235. The van der Waals surface area contributed by atoms with Gasteiger partial charge < -0.3 is 14.8 Å². The second-order valence-corrected chi connectivity index (χ2v) is 4.54. The van der Waals surface area contributed by atoms with Crippen LogP contribution in [-0.2, 0) is 0 Å². The van der Waals surface area contributed by atoms with Gasteiger partial charge in [0.05, 0.1) is 26.2 Å². The van der Waals surface area contributed by atoms with Crippen LogP contribution in [-0.4, -0.2) is 20.8 Å². The lowest BCUT2D eigenvalue weighted by Gasteiger charge is -2.14. The van der Waals surface area contributed by atoms with Gasteiger partial charge in [-0.25, -0.2) is 0 Å². The molecule has 1 unspecified atom stereocenters. The quantitative estimate of drug-likeness (QED) is 0.882. The molecule has 4 heteroatoms. The van der Waals surface area contributed by atoms with Crippen molar-refractivity contribution in [1.29, 1.82) is 5.26 Å². The van der Waals surface area contributed by atoms with Crippen LogP contribution in [0.3, 0.4) is 0 Å². The number of anilines is 1. The molecule has 0 fully saturated rings. The van der Waals surface area contributed by atoms with E-state index in [1.807, 2.05) is 48.5 Å². The predicted molar refractivity (Wildman–Crippen MR) is 82.8 cm³/mol. The fourth-order valence-corrected chi connectivity index (χ4v) is 2.09. The van der Waals surface area contributed by atoms with Crippen molar-refractivity contribution in [2.45, 2.75) is 5.92 Å². The zero-order valence-corrected chi connectivity index (χ0v) is 12.2. The van der Waals surface area contributed by atoms with Crippen molar-refractivity contribution in [3.05, 3.63) is 54.1 Å². The number of benzene rings is 2. The van der Waals surface area contributed by atoms with Crippen LogP contribution in [0, 0.1) is 11.3 Å². The summed E-state index contributed by atoms with van der Waals surface area (Å²) in [5, 5.41) is 12.6. The Labute approximate surface area is 124 Å². The lowest BCUT2D eigenvalue weighted by atomic mass is 10.0. The molecule has 0 aliphatic heterocycles. The van der Waals surface area contributed by atoms with Crippen LogP contribution in [0.2, 0.25) is 0 Å². The molecule has 0 saturated heterocycles. The molecule has 108 valence electrons. The van der Waals surface area contributed by atoms with E-state index in [9.17, 15) is 5.26 Å². The molecule has 0 saturated carbocycles. The molecule has 1 N–H and O–H groups in total. The Hall–Kier alpha value is -2.67. The van der Waals surface area contributed by atoms with Gasteiger partial charge in [0, 0.05) is 18.3 Å². The van der Waals surface area contributed by atoms with Crippen LogP contribution < -0.4 is 14.8 Å². The summed E-state index contributed by atoms with van der Waals surface area (Å²) in [5.74, 6) is 1.15. The number of hydrogen-bond donors (Lipinski definition) is 1.